The fourth-order valence-corrected chi connectivity index (χ4v) is 4.12. The SMILES string of the molecule is C=C1NC(=O)C/C1=C\c1cnn2c(NC3CC3)cc(Nc3ccc(-n4ccnc4)cc3Cl)nc12. The summed E-state index contributed by atoms with van der Waals surface area (Å²) in [5.74, 6) is 1.41. The molecule has 10 heteroatoms. The van der Waals surface area contributed by atoms with Crippen LogP contribution in [0.2, 0.25) is 5.02 Å². The number of nitrogens with zero attached hydrogens (tertiary/aromatic N) is 5. The number of anilines is 3. The average molecular weight is 473 g/mol. The molecule has 6 rings (SSSR count). The molecule has 0 spiro atoms. The monoisotopic (exact) mass is 472 g/mol. The highest BCUT2D eigenvalue weighted by atomic mass is 35.5. The van der Waals surface area contributed by atoms with Gasteiger partial charge in [-0.05, 0) is 42.7 Å². The summed E-state index contributed by atoms with van der Waals surface area (Å²) in [6.07, 6.45) is 11.5. The number of allylic oxidation sites excluding steroid dienone is 1. The first-order chi connectivity index (χ1) is 16.5. The molecular weight excluding hydrogens is 452 g/mol. The third-order valence-corrected chi connectivity index (χ3v) is 6.12. The Balaban J connectivity index is 1.38. The molecule has 3 aromatic heterocycles. The maximum Gasteiger partial charge on any atom is 0.228 e. The molecule has 1 aliphatic heterocycles. The quantitative estimate of drug-likeness (QED) is 0.386. The van der Waals surface area contributed by atoms with Crippen LogP contribution in [0.25, 0.3) is 17.4 Å². The van der Waals surface area contributed by atoms with Crippen LogP contribution in [0.3, 0.4) is 0 Å². The van der Waals surface area contributed by atoms with Crippen molar-refractivity contribution in [2.75, 3.05) is 10.6 Å². The fourth-order valence-electron chi connectivity index (χ4n) is 3.90. The van der Waals surface area contributed by atoms with Crippen LogP contribution >= 0.6 is 11.6 Å². The number of benzene rings is 1. The lowest BCUT2D eigenvalue weighted by atomic mass is 10.1. The Kier molecular flexibility index (Phi) is 4.84. The Labute approximate surface area is 200 Å². The first-order valence-corrected chi connectivity index (χ1v) is 11.3. The van der Waals surface area contributed by atoms with Gasteiger partial charge in [0.25, 0.3) is 0 Å². The van der Waals surface area contributed by atoms with Gasteiger partial charge < -0.3 is 20.5 Å². The summed E-state index contributed by atoms with van der Waals surface area (Å²) in [7, 11) is 0. The van der Waals surface area contributed by atoms with Gasteiger partial charge in [-0.25, -0.2) is 9.97 Å². The second kappa shape index (κ2) is 8.03. The number of hydrogen-bond donors (Lipinski definition) is 3. The summed E-state index contributed by atoms with van der Waals surface area (Å²) in [4.78, 5) is 20.6. The van der Waals surface area contributed by atoms with E-state index in [4.69, 9.17) is 16.6 Å². The number of rotatable bonds is 6. The third kappa shape index (κ3) is 3.90. The van der Waals surface area contributed by atoms with Gasteiger partial charge in [-0.1, -0.05) is 18.2 Å². The number of hydrogen-bond acceptors (Lipinski definition) is 6. The topological polar surface area (TPSA) is 101 Å². The maximum atomic E-state index is 11.7. The van der Waals surface area contributed by atoms with Gasteiger partial charge in [-0.15, -0.1) is 0 Å². The highest BCUT2D eigenvalue weighted by Crippen LogP contribution is 2.31. The number of carbonyl (C=O) groups is 1. The highest BCUT2D eigenvalue weighted by Gasteiger charge is 2.24. The van der Waals surface area contributed by atoms with Gasteiger partial charge in [0.05, 0.1) is 29.7 Å². The molecule has 0 atom stereocenters. The molecule has 2 aliphatic rings. The predicted octanol–water partition coefficient (Wildman–Crippen LogP) is 4.30. The van der Waals surface area contributed by atoms with Gasteiger partial charge in [0.15, 0.2) is 5.65 Å². The molecule has 1 saturated heterocycles. The summed E-state index contributed by atoms with van der Waals surface area (Å²) in [5, 5.41) is 14.7. The lowest BCUT2D eigenvalue weighted by molar-refractivity contribution is -0.118. The van der Waals surface area contributed by atoms with Crippen LogP contribution < -0.4 is 16.0 Å². The molecule has 170 valence electrons. The molecule has 1 aliphatic carbocycles. The summed E-state index contributed by atoms with van der Waals surface area (Å²) < 4.78 is 3.67. The molecule has 9 nitrogen and oxygen atoms in total. The minimum Gasteiger partial charge on any atom is -0.367 e. The van der Waals surface area contributed by atoms with E-state index in [2.05, 4.69) is 32.6 Å². The second-order valence-electron chi connectivity index (χ2n) is 8.41. The second-order valence-corrected chi connectivity index (χ2v) is 8.82. The lowest BCUT2D eigenvalue weighted by Gasteiger charge is -2.13. The van der Waals surface area contributed by atoms with Crippen LogP contribution in [0.4, 0.5) is 17.3 Å². The standard InChI is InChI=1S/C24H21ClN8O/c1-14-15(9-23(34)28-14)8-16-12-27-33-22(29-17-2-3-17)11-21(31-24(16)33)30-20-5-4-18(10-19(20)25)32-7-6-26-13-32/h4-8,10-13,17,29H,1-3,9H2,(H,28,34)(H,30,31)/b15-8+. The molecule has 1 saturated carbocycles. The Morgan fingerprint density at radius 2 is 2.15 bits per heavy atom. The zero-order chi connectivity index (χ0) is 23.2. The molecule has 34 heavy (non-hydrogen) atoms. The summed E-state index contributed by atoms with van der Waals surface area (Å²) in [5.41, 5.74) is 4.56. The van der Waals surface area contributed by atoms with Crippen molar-refractivity contribution in [3.05, 3.63) is 77.6 Å². The molecule has 4 aromatic rings. The average Bonchev–Trinajstić information content (AvgIpc) is 3.18. The van der Waals surface area contributed by atoms with Gasteiger partial charge >= 0.3 is 0 Å². The highest BCUT2D eigenvalue weighted by molar-refractivity contribution is 6.33. The van der Waals surface area contributed by atoms with Crippen LogP contribution in [0.5, 0.6) is 0 Å². The first-order valence-electron chi connectivity index (χ1n) is 10.9. The van der Waals surface area contributed by atoms with Crippen LogP contribution in [0.15, 0.2) is 67.0 Å². The maximum absolute atomic E-state index is 11.7. The van der Waals surface area contributed by atoms with Crippen molar-refractivity contribution in [2.24, 2.45) is 0 Å². The third-order valence-electron chi connectivity index (χ3n) is 5.81. The van der Waals surface area contributed by atoms with E-state index in [1.165, 1.54) is 0 Å². The molecule has 0 unspecified atom stereocenters. The van der Waals surface area contributed by atoms with Crippen LogP contribution in [-0.4, -0.2) is 36.1 Å². The van der Waals surface area contributed by atoms with Crippen LogP contribution in [-0.2, 0) is 4.79 Å². The number of halogens is 1. The van der Waals surface area contributed by atoms with E-state index >= 15 is 0 Å². The van der Waals surface area contributed by atoms with Crippen LogP contribution in [0, 0.1) is 0 Å². The van der Waals surface area contributed by atoms with Crippen molar-refractivity contribution < 1.29 is 4.79 Å². The number of fused-ring (bicyclic) bond motifs is 1. The Bertz CT molecular complexity index is 1470. The molecule has 0 radical (unpaired) electrons. The number of aromatic nitrogens is 5. The lowest BCUT2D eigenvalue weighted by Crippen LogP contribution is -2.10. The van der Waals surface area contributed by atoms with Crippen LogP contribution in [0.1, 0.15) is 24.8 Å². The molecule has 3 N–H and O–H groups in total. The van der Waals surface area contributed by atoms with Gasteiger partial charge in [-0.2, -0.15) is 9.61 Å². The summed E-state index contributed by atoms with van der Waals surface area (Å²) in [6, 6.07) is 8.10. The number of imidazole rings is 1. The summed E-state index contributed by atoms with van der Waals surface area (Å²) in [6.45, 7) is 3.93. The normalized spacial score (nSPS) is 16.9. The molecule has 1 aromatic carbocycles. The zero-order valence-electron chi connectivity index (χ0n) is 18.1. The molecule has 2 fully saturated rings. The first kappa shape index (κ1) is 20.5. The van der Waals surface area contributed by atoms with Crippen molar-refractivity contribution in [1.82, 2.24) is 29.5 Å². The Morgan fingerprint density at radius 3 is 2.85 bits per heavy atom. The molecule has 4 heterocycles. The minimum atomic E-state index is -0.0621. The van der Waals surface area contributed by atoms with Gasteiger partial charge in [0, 0.05) is 41.4 Å². The van der Waals surface area contributed by atoms with E-state index in [0.717, 1.165) is 41.2 Å². The zero-order valence-corrected chi connectivity index (χ0v) is 18.9. The van der Waals surface area contributed by atoms with Gasteiger partial charge in [0.1, 0.15) is 11.6 Å². The van der Waals surface area contributed by atoms with Crippen molar-refractivity contribution in [3.8, 4) is 5.69 Å². The van der Waals surface area contributed by atoms with Gasteiger partial charge in [-0.3, -0.25) is 4.79 Å². The van der Waals surface area contributed by atoms with E-state index in [1.54, 1.807) is 23.2 Å². The van der Waals surface area contributed by atoms with E-state index in [9.17, 15) is 4.79 Å². The van der Waals surface area contributed by atoms with Crippen molar-refractivity contribution >= 4 is 46.6 Å². The Hall–Kier alpha value is -4.11. The van der Waals surface area contributed by atoms with E-state index in [1.807, 2.05) is 41.1 Å². The molecule has 0 bridgehead atoms. The van der Waals surface area contributed by atoms with E-state index < -0.39 is 0 Å². The fraction of sp³-hybridized carbons (Fsp3) is 0.167. The molecular formula is C24H21ClN8O. The number of carbonyl (C=O) groups excluding carboxylic acids is 1. The van der Waals surface area contributed by atoms with E-state index in [0.29, 0.717) is 34.6 Å². The largest absolute Gasteiger partial charge is 0.367 e. The summed E-state index contributed by atoms with van der Waals surface area (Å²) >= 11 is 6.59. The van der Waals surface area contributed by atoms with Gasteiger partial charge in [0.2, 0.25) is 5.91 Å². The molecule has 1 amide bonds. The van der Waals surface area contributed by atoms with E-state index in [-0.39, 0.29) is 5.91 Å². The smallest absolute Gasteiger partial charge is 0.228 e. The van der Waals surface area contributed by atoms with Crippen molar-refractivity contribution in [2.45, 2.75) is 25.3 Å². The minimum absolute atomic E-state index is 0.0621. The number of amides is 1. The van der Waals surface area contributed by atoms with Crippen molar-refractivity contribution in [1.29, 1.82) is 0 Å². The predicted molar refractivity (Wildman–Crippen MR) is 131 cm³/mol. The number of nitrogens with one attached hydrogen (secondary N) is 3. The van der Waals surface area contributed by atoms with Crippen molar-refractivity contribution in [3.63, 3.8) is 0 Å². The Morgan fingerprint density at radius 1 is 1.26 bits per heavy atom.